The number of rotatable bonds is 6. The lowest BCUT2D eigenvalue weighted by molar-refractivity contribution is -0.00518. The van der Waals surface area contributed by atoms with Gasteiger partial charge >= 0.3 is 0 Å². The summed E-state index contributed by atoms with van der Waals surface area (Å²) >= 11 is 0. The van der Waals surface area contributed by atoms with E-state index >= 15 is 0 Å². The van der Waals surface area contributed by atoms with Gasteiger partial charge in [0.1, 0.15) is 0 Å². The summed E-state index contributed by atoms with van der Waals surface area (Å²) in [5.41, 5.74) is 9.62. The Balaban J connectivity index is 1.17. The maximum atomic E-state index is 9.44. The van der Waals surface area contributed by atoms with Gasteiger partial charge in [0.05, 0.1) is 11.6 Å². The van der Waals surface area contributed by atoms with Crippen LogP contribution in [0, 0.1) is 29.1 Å². The quantitative estimate of drug-likeness (QED) is 0.185. The Morgan fingerprint density at radius 1 is 0.500 bits per heavy atom. The lowest BCUT2D eigenvalue weighted by Gasteiger charge is -2.57. The van der Waals surface area contributed by atoms with Gasteiger partial charge in [0, 0.05) is 29.1 Å². The normalized spacial score (nSPS) is 22.4. The number of nitrogens with zero attached hydrogens (tertiary/aromatic N) is 5. The molecule has 4 aromatic carbocycles. The van der Waals surface area contributed by atoms with Gasteiger partial charge in [-0.2, -0.15) is 5.26 Å². The monoisotopic (exact) mass is 621 g/mol. The summed E-state index contributed by atoms with van der Waals surface area (Å²) in [7, 11) is 0. The molecule has 2 heterocycles. The Labute approximate surface area is 281 Å². The fraction of sp³-hybridized carbons (Fsp3) is 0.233. The smallest absolute Gasteiger partial charge is 0.164 e. The molecule has 232 valence electrons. The highest BCUT2D eigenvalue weighted by atomic mass is 15.0. The van der Waals surface area contributed by atoms with Gasteiger partial charge in [0.2, 0.25) is 0 Å². The molecule has 4 aliphatic rings. The summed E-state index contributed by atoms with van der Waals surface area (Å²) in [6.45, 7) is 0. The Kier molecular flexibility index (Phi) is 6.97. The van der Waals surface area contributed by atoms with Crippen LogP contribution in [0.25, 0.3) is 56.4 Å². The van der Waals surface area contributed by atoms with Crippen molar-refractivity contribution in [2.45, 2.75) is 43.9 Å². The van der Waals surface area contributed by atoms with Crippen LogP contribution in [0.2, 0.25) is 0 Å². The number of aromatic nitrogens is 4. The average Bonchev–Trinajstić information content (AvgIpc) is 3.15. The van der Waals surface area contributed by atoms with Crippen LogP contribution in [0.4, 0.5) is 0 Å². The Morgan fingerprint density at radius 2 is 0.979 bits per heavy atom. The van der Waals surface area contributed by atoms with Crippen LogP contribution in [0.3, 0.4) is 0 Å². The molecule has 0 saturated heterocycles. The third-order valence-corrected chi connectivity index (χ3v) is 11.0. The zero-order chi connectivity index (χ0) is 32.1. The molecule has 4 saturated carbocycles. The summed E-state index contributed by atoms with van der Waals surface area (Å²) < 4.78 is 0. The van der Waals surface area contributed by atoms with Crippen molar-refractivity contribution in [3.63, 3.8) is 0 Å². The van der Waals surface area contributed by atoms with E-state index in [1.54, 1.807) is 12.4 Å². The standard InChI is InChI=1S/C43H35N5/c44-27-28-6-8-32(9-7-28)36-21-37(33-10-12-39(13-11-33)43-24-29-18-30(25-43)20-31(19-29)26-43)23-38(22-36)42-47-40(34-4-2-1-3-5-34)46-41(48-42)35-14-16-45-17-15-35/h1-17,21-23,29-31H,18-20,24-26H2. The Hall–Kier alpha value is -5.47. The molecular weight excluding hydrogens is 587 g/mol. The Morgan fingerprint density at radius 3 is 1.52 bits per heavy atom. The van der Waals surface area contributed by atoms with Crippen LogP contribution in [0.1, 0.15) is 49.7 Å². The Bertz CT molecular complexity index is 2060. The molecule has 48 heavy (non-hydrogen) atoms. The van der Waals surface area contributed by atoms with Gasteiger partial charge in [-0.05, 0) is 132 Å². The molecule has 10 rings (SSSR count). The van der Waals surface area contributed by atoms with Gasteiger partial charge in [0.15, 0.2) is 17.5 Å². The summed E-state index contributed by atoms with van der Waals surface area (Å²) in [6, 6.07) is 40.0. The van der Waals surface area contributed by atoms with Gasteiger partial charge in [-0.15, -0.1) is 0 Å². The molecule has 5 nitrogen and oxygen atoms in total. The zero-order valence-corrected chi connectivity index (χ0v) is 26.8. The van der Waals surface area contributed by atoms with E-state index in [0.717, 1.165) is 51.1 Å². The van der Waals surface area contributed by atoms with Crippen molar-refractivity contribution in [1.82, 2.24) is 19.9 Å². The summed E-state index contributed by atoms with van der Waals surface area (Å²) in [5.74, 6) is 4.59. The van der Waals surface area contributed by atoms with Crippen LogP contribution in [-0.4, -0.2) is 19.9 Å². The highest BCUT2D eigenvalue weighted by Crippen LogP contribution is 2.60. The minimum absolute atomic E-state index is 0.366. The SMILES string of the molecule is N#Cc1ccc(-c2cc(-c3ccc(C45CC6CC(CC(C6)C4)C5)cc3)cc(-c3nc(-c4ccccc4)nc(-c4ccncc4)n3)c2)cc1. The van der Waals surface area contributed by atoms with Crippen molar-refractivity contribution in [1.29, 1.82) is 5.26 Å². The highest BCUT2D eigenvalue weighted by molar-refractivity contribution is 5.80. The van der Waals surface area contributed by atoms with E-state index in [9.17, 15) is 5.26 Å². The minimum atomic E-state index is 0.366. The van der Waals surface area contributed by atoms with E-state index in [2.05, 4.69) is 53.5 Å². The van der Waals surface area contributed by atoms with Crippen LogP contribution >= 0.6 is 0 Å². The van der Waals surface area contributed by atoms with E-state index in [4.69, 9.17) is 15.0 Å². The lowest BCUT2D eigenvalue weighted by atomic mass is 9.48. The maximum Gasteiger partial charge on any atom is 0.164 e. The molecule has 5 heteroatoms. The molecule has 2 aromatic heterocycles. The third-order valence-electron chi connectivity index (χ3n) is 11.0. The first-order chi connectivity index (χ1) is 23.6. The fourth-order valence-electron chi connectivity index (χ4n) is 9.16. The minimum Gasteiger partial charge on any atom is -0.265 e. The van der Waals surface area contributed by atoms with Crippen LogP contribution in [0.15, 0.2) is 122 Å². The molecule has 0 aliphatic heterocycles. The van der Waals surface area contributed by atoms with Gasteiger partial charge in [0.25, 0.3) is 0 Å². The second kappa shape index (κ2) is 11.6. The van der Waals surface area contributed by atoms with E-state index in [1.165, 1.54) is 49.7 Å². The number of hydrogen-bond acceptors (Lipinski definition) is 5. The van der Waals surface area contributed by atoms with E-state index in [-0.39, 0.29) is 0 Å². The predicted molar refractivity (Wildman–Crippen MR) is 189 cm³/mol. The van der Waals surface area contributed by atoms with Crippen molar-refractivity contribution in [2.75, 3.05) is 0 Å². The van der Waals surface area contributed by atoms with Crippen molar-refractivity contribution in [3.05, 3.63) is 133 Å². The molecule has 0 radical (unpaired) electrons. The summed E-state index contributed by atoms with van der Waals surface area (Å²) in [6.07, 6.45) is 12.0. The first kappa shape index (κ1) is 28.7. The largest absolute Gasteiger partial charge is 0.265 e. The average molecular weight is 622 g/mol. The van der Waals surface area contributed by atoms with Crippen LogP contribution in [-0.2, 0) is 5.41 Å². The second-order valence-electron chi connectivity index (χ2n) is 14.2. The van der Waals surface area contributed by atoms with E-state index < -0.39 is 0 Å². The number of pyridine rings is 1. The molecule has 0 N–H and O–H groups in total. The zero-order valence-electron chi connectivity index (χ0n) is 26.8. The van der Waals surface area contributed by atoms with Crippen LogP contribution < -0.4 is 0 Å². The lowest BCUT2D eigenvalue weighted by Crippen LogP contribution is -2.48. The van der Waals surface area contributed by atoms with Crippen molar-refractivity contribution >= 4 is 0 Å². The second-order valence-corrected chi connectivity index (χ2v) is 14.2. The van der Waals surface area contributed by atoms with Gasteiger partial charge in [-0.3, -0.25) is 4.98 Å². The highest BCUT2D eigenvalue weighted by Gasteiger charge is 2.51. The molecular formula is C43H35N5. The van der Waals surface area contributed by atoms with Crippen molar-refractivity contribution in [3.8, 4) is 62.5 Å². The molecule has 6 aromatic rings. The molecule has 0 atom stereocenters. The van der Waals surface area contributed by atoms with E-state index in [1.807, 2.05) is 66.7 Å². The first-order valence-corrected chi connectivity index (χ1v) is 17.1. The molecule has 4 bridgehead atoms. The summed E-state index contributed by atoms with van der Waals surface area (Å²) in [4.78, 5) is 19.1. The summed E-state index contributed by atoms with van der Waals surface area (Å²) in [5, 5.41) is 9.44. The fourth-order valence-corrected chi connectivity index (χ4v) is 9.16. The molecule has 0 amide bonds. The molecule has 0 spiro atoms. The van der Waals surface area contributed by atoms with E-state index in [0.29, 0.717) is 28.5 Å². The number of nitriles is 1. The molecule has 0 unspecified atom stereocenters. The first-order valence-electron chi connectivity index (χ1n) is 17.1. The van der Waals surface area contributed by atoms with Gasteiger partial charge in [-0.25, -0.2) is 15.0 Å². The topological polar surface area (TPSA) is 75.3 Å². The van der Waals surface area contributed by atoms with Crippen molar-refractivity contribution in [2.24, 2.45) is 17.8 Å². The predicted octanol–water partition coefficient (Wildman–Crippen LogP) is 9.94. The maximum absolute atomic E-state index is 9.44. The third kappa shape index (κ3) is 5.28. The van der Waals surface area contributed by atoms with Gasteiger partial charge in [-0.1, -0.05) is 66.7 Å². The molecule has 4 aliphatic carbocycles. The number of benzene rings is 4. The van der Waals surface area contributed by atoms with Crippen molar-refractivity contribution < 1.29 is 0 Å². The van der Waals surface area contributed by atoms with Gasteiger partial charge < -0.3 is 0 Å². The van der Waals surface area contributed by atoms with Crippen LogP contribution in [0.5, 0.6) is 0 Å². The molecule has 4 fully saturated rings. The number of hydrogen-bond donors (Lipinski definition) is 0.